The third-order valence-electron chi connectivity index (χ3n) is 4.05. The van der Waals surface area contributed by atoms with Gasteiger partial charge in [0.05, 0.1) is 24.3 Å². The number of oxazole rings is 1. The Morgan fingerprint density at radius 2 is 1.86 bits per heavy atom. The fraction of sp³-hybridized carbons (Fsp3) is 0.200. The second-order valence-corrected chi connectivity index (χ2v) is 6.68. The SMILES string of the molecule is COc1ccc(CCNC(=O)c2coc(-c3ccc(Cl)c(Cl)c3)n2)cc1OC. The molecule has 0 aliphatic carbocycles. The fourth-order valence-corrected chi connectivity index (χ4v) is 2.88. The van der Waals surface area contributed by atoms with E-state index in [9.17, 15) is 4.79 Å². The summed E-state index contributed by atoms with van der Waals surface area (Å²) in [5, 5.41) is 3.64. The highest BCUT2D eigenvalue weighted by atomic mass is 35.5. The van der Waals surface area contributed by atoms with Crippen molar-refractivity contribution < 1.29 is 18.7 Å². The summed E-state index contributed by atoms with van der Waals surface area (Å²) in [7, 11) is 3.17. The number of carbonyl (C=O) groups is 1. The molecule has 3 aromatic rings. The normalized spacial score (nSPS) is 10.6. The van der Waals surface area contributed by atoms with E-state index in [1.807, 2.05) is 18.2 Å². The summed E-state index contributed by atoms with van der Waals surface area (Å²) in [5.41, 5.74) is 1.83. The number of hydrogen-bond donors (Lipinski definition) is 1. The lowest BCUT2D eigenvalue weighted by Crippen LogP contribution is -2.26. The third kappa shape index (κ3) is 4.58. The summed E-state index contributed by atoms with van der Waals surface area (Å²) >= 11 is 11.9. The van der Waals surface area contributed by atoms with Gasteiger partial charge in [-0.2, -0.15) is 0 Å². The van der Waals surface area contributed by atoms with Gasteiger partial charge in [0.15, 0.2) is 17.2 Å². The molecule has 0 unspecified atom stereocenters. The Morgan fingerprint density at radius 1 is 1.07 bits per heavy atom. The van der Waals surface area contributed by atoms with Gasteiger partial charge in [-0.3, -0.25) is 4.79 Å². The summed E-state index contributed by atoms with van der Waals surface area (Å²) in [4.78, 5) is 16.5. The van der Waals surface area contributed by atoms with E-state index in [-0.39, 0.29) is 11.6 Å². The van der Waals surface area contributed by atoms with E-state index in [0.717, 1.165) is 5.56 Å². The van der Waals surface area contributed by atoms with Crippen LogP contribution in [0.4, 0.5) is 0 Å². The Morgan fingerprint density at radius 3 is 2.57 bits per heavy atom. The van der Waals surface area contributed by atoms with Crippen LogP contribution in [0, 0.1) is 0 Å². The maximum absolute atomic E-state index is 12.3. The van der Waals surface area contributed by atoms with Crippen LogP contribution < -0.4 is 14.8 Å². The average Bonchev–Trinajstić information content (AvgIpc) is 3.20. The molecule has 1 amide bonds. The zero-order valence-electron chi connectivity index (χ0n) is 15.3. The van der Waals surface area contributed by atoms with Crippen molar-refractivity contribution in [1.82, 2.24) is 10.3 Å². The number of aromatic nitrogens is 1. The molecule has 1 N–H and O–H groups in total. The number of nitrogens with zero attached hydrogens (tertiary/aromatic N) is 1. The molecule has 3 rings (SSSR count). The van der Waals surface area contributed by atoms with Gasteiger partial charge in [0.1, 0.15) is 6.26 Å². The summed E-state index contributed by atoms with van der Waals surface area (Å²) in [6, 6.07) is 10.6. The Hall–Kier alpha value is -2.70. The quantitative estimate of drug-likeness (QED) is 0.602. The zero-order valence-corrected chi connectivity index (χ0v) is 16.8. The van der Waals surface area contributed by atoms with E-state index in [0.29, 0.717) is 46.0 Å². The molecule has 6 nitrogen and oxygen atoms in total. The molecule has 8 heteroatoms. The van der Waals surface area contributed by atoms with Crippen molar-refractivity contribution in [2.24, 2.45) is 0 Å². The molecule has 1 heterocycles. The molecule has 0 saturated heterocycles. The lowest BCUT2D eigenvalue weighted by molar-refractivity contribution is 0.0949. The van der Waals surface area contributed by atoms with Crippen LogP contribution in [0.1, 0.15) is 16.1 Å². The number of amides is 1. The van der Waals surface area contributed by atoms with Crippen molar-refractivity contribution in [2.45, 2.75) is 6.42 Å². The van der Waals surface area contributed by atoms with E-state index in [1.165, 1.54) is 6.26 Å². The lowest BCUT2D eigenvalue weighted by atomic mass is 10.1. The monoisotopic (exact) mass is 420 g/mol. The number of rotatable bonds is 7. The molecular formula is C20H18Cl2N2O4. The first-order valence-corrected chi connectivity index (χ1v) is 9.17. The van der Waals surface area contributed by atoms with Crippen molar-refractivity contribution in [2.75, 3.05) is 20.8 Å². The topological polar surface area (TPSA) is 73.6 Å². The van der Waals surface area contributed by atoms with Crippen LogP contribution >= 0.6 is 23.2 Å². The van der Waals surface area contributed by atoms with Gasteiger partial charge in [0, 0.05) is 12.1 Å². The molecule has 0 fully saturated rings. The Kier molecular flexibility index (Phi) is 6.44. The number of nitrogens with one attached hydrogen (secondary N) is 1. The zero-order chi connectivity index (χ0) is 20.1. The number of carbonyl (C=O) groups excluding carboxylic acids is 1. The Bertz CT molecular complexity index is 988. The summed E-state index contributed by atoms with van der Waals surface area (Å²) in [6.07, 6.45) is 1.94. The van der Waals surface area contributed by atoms with Crippen LogP contribution in [-0.4, -0.2) is 31.7 Å². The van der Waals surface area contributed by atoms with E-state index >= 15 is 0 Å². The average molecular weight is 421 g/mol. The van der Waals surface area contributed by atoms with Crippen LogP contribution in [0.3, 0.4) is 0 Å². The van der Waals surface area contributed by atoms with Gasteiger partial charge in [-0.15, -0.1) is 0 Å². The first-order chi connectivity index (χ1) is 13.5. The first kappa shape index (κ1) is 20.0. The Labute approximate surface area is 172 Å². The minimum Gasteiger partial charge on any atom is -0.493 e. The van der Waals surface area contributed by atoms with Gasteiger partial charge in [-0.25, -0.2) is 4.98 Å². The van der Waals surface area contributed by atoms with Gasteiger partial charge in [-0.05, 0) is 42.3 Å². The highest BCUT2D eigenvalue weighted by Crippen LogP contribution is 2.29. The van der Waals surface area contributed by atoms with Crippen molar-refractivity contribution in [1.29, 1.82) is 0 Å². The van der Waals surface area contributed by atoms with Gasteiger partial charge in [0.2, 0.25) is 5.89 Å². The number of methoxy groups -OCH3 is 2. The summed E-state index contributed by atoms with van der Waals surface area (Å²) in [6.45, 7) is 0.434. The van der Waals surface area contributed by atoms with Gasteiger partial charge < -0.3 is 19.2 Å². The minimum atomic E-state index is -0.324. The number of benzene rings is 2. The van der Waals surface area contributed by atoms with Crippen molar-refractivity contribution in [3.8, 4) is 23.0 Å². The van der Waals surface area contributed by atoms with Gasteiger partial charge in [0.25, 0.3) is 5.91 Å². The highest BCUT2D eigenvalue weighted by Gasteiger charge is 2.14. The first-order valence-electron chi connectivity index (χ1n) is 8.42. The van der Waals surface area contributed by atoms with E-state index in [1.54, 1.807) is 32.4 Å². The van der Waals surface area contributed by atoms with E-state index in [4.69, 9.17) is 37.1 Å². The molecule has 0 saturated carbocycles. The Balaban J connectivity index is 1.60. The van der Waals surface area contributed by atoms with Crippen LogP contribution in [0.15, 0.2) is 47.1 Å². The van der Waals surface area contributed by atoms with Crippen molar-refractivity contribution in [3.05, 3.63) is 64.0 Å². The molecule has 0 atom stereocenters. The molecule has 146 valence electrons. The van der Waals surface area contributed by atoms with Crippen LogP contribution in [0.5, 0.6) is 11.5 Å². The molecule has 0 aliphatic rings. The molecule has 0 bridgehead atoms. The maximum atomic E-state index is 12.3. The predicted octanol–water partition coefficient (Wildman–Crippen LogP) is 4.64. The standard InChI is InChI=1S/C20H18Cl2N2O4/c1-26-17-6-3-12(9-18(17)27-2)7-8-23-19(25)16-11-28-20(24-16)13-4-5-14(21)15(22)10-13/h3-6,9-11H,7-8H2,1-2H3,(H,23,25). The third-order valence-corrected chi connectivity index (χ3v) is 4.79. The van der Waals surface area contributed by atoms with E-state index in [2.05, 4.69) is 10.3 Å². The number of ether oxygens (including phenoxy) is 2. The van der Waals surface area contributed by atoms with Gasteiger partial charge in [-0.1, -0.05) is 29.3 Å². The van der Waals surface area contributed by atoms with E-state index < -0.39 is 0 Å². The fourth-order valence-electron chi connectivity index (χ4n) is 2.59. The second kappa shape index (κ2) is 8.99. The molecular weight excluding hydrogens is 403 g/mol. The van der Waals surface area contributed by atoms with Crippen LogP contribution in [0.2, 0.25) is 10.0 Å². The molecule has 0 spiro atoms. The van der Waals surface area contributed by atoms with Crippen molar-refractivity contribution >= 4 is 29.1 Å². The van der Waals surface area contributed by atoms with Crippen LogP contribution in [0.25, 0.3) is 11.5 Å². The minimum absolute atomic E-state index is 0.188. The predicted molar refractivity (Wildman–Crippen MR) is 108 cm³/mol. The molecule has 0 radical (unpaired) electrons. The molecule has 2 aromatic carbocycles. The summed E-state index contributed by atoms with van der Waals surface area (Å²) in [5.74, 6) is 1.28. The molecule has 1 aromatic heterocycles. The van der Waals surface area contributed by atoms with Gasteiger partial charge >= 0.3 is 0 Å². The highest BCUT2D eigenvalue weighted by molar-refractivity contribution is 6.42. The van der Waals surface area contributed by atoms with Crippen LogP contribution in [-0.2, 0) is 6.42 Å². The number of halogens is 2. The smallest absolute Gasteiger partial charge is 0.273 e. The van der Waals surface area contributed by atoms with Crippen molar-refractivity contribution in [3.63, 3.8) is 0 Å². The lowest BCUT2D eigenvalue weighted by Gasteiger charge is -2.09. The molecule has 0 aliphatic heterocycles. The summed E-state index contributed by atoms with van der Waals surface area (Å²) < 4.78 is 15.9. The number of hydrogen-bond acceptors (Lipinski definition) is 5. The second-order valence-electron chi connectivity index (χ2n) is 5.86. The maximum Gasteiger partial charge on any atom is 0.273 e. The molecule has 28 heavy (non-hydrogen) atoms. The largest absolute Gasteiger partial charge is 0.493 e.